The number of nitrogens with zero attached hydrogens (tertiary/aromatic N) is 2. The zero-order valence-corrected chi connectivity index (χ0v) is 20.2. The van der Waals surface area contributed by atoms with Crippen molar-refractivity contribution in [3.8, 4) is 0 Å². The average molecular weight is 480 g/mol. The fourth-order valence-electron chi connectivity index (χ4n) is 4.08. The number of nitrogens with one attached hydrogen (secondary N) is 1. The summed E-state index contributed by atoms with van der Waals surface area (Å²) in [5.74, 6) is -0.350. The van der Waals surface area contributed by atoms with Crippen LogP contribution in [-0.2, 0) is 21.4 Å². The summed E-state index contributed by atoms with van der Waals surface area (Å²) in [4.78, 5) is 12.9. The lowest BCUT2D eigenvalue weighted by Crippen LogP contribution is -2.45. The van der Waals surface area contributed by atoms with Gasteiger partial charge in [0.05, 0.1) is 5.92 Å². The molecule has 1 aliphatic heterocycles. The molecule has 2 aromatic carbocycles. The predicted molar refractivity (Wildman–Crippen MR) is 131 cm³/mol. The molecule has 1 amide bonds. The van der Waals surface area contributed by atoms with Crippen molar-refractivity contribution in [2.24, 2.45) is 5.92 Å². The SMILES string of the molecule is Cc1ccc(CNC(=O)[C@H]2CCCN(S(=O)(=O)c3c(C)noc3/C=C/c3ccccc3)C2)cc1. The van der Waals surface area contributed by atoms with Crippen LogP contribution in [0.1, 0.15) is 41.0 Å². The Balaban J connectivity index is 1.47. The summed E-state index contributed by atoms with van der Waals surface area (Å²) < 4.78 is 33.8. The monoisotopic (exact) mass is 479 g/mol. The van der Waals surface area contributed by atoms with Gasteiger partial charge in [-0.3, -0.25) is 4.79 Å². The average Bonchev–Trinajstić information content (AvgIpc) is 3.24. The van der Waals surface area contributed by atoms with E-state index in [1.54, 1.807) is 19.1 Å². The molecule has 0 radical (unpaired) electrons. The van der Waals surface area contributed by atoms with Crippen LogP contribution in [0.25, 0.3) is 12.2 Å². The minimum absolute atomic E-state index is 0.0559. The Morgan fingerprint density at radius 2 is 1.85 bits per heavy atom. The summed E-state index contributed by atoms with van der Waals surface area (Å²) in [5.41, 5.74) is 3.39. The topological polar surface area (TPSA) is 92.5 Å². The van der Waals surface area contributed by atoms with Gasteiger partial charge in [0.25, 0.3) is 0 Å². The number of hydrogen-bond acceptors (Lipinski definition) is 5. The van der Waals surface area contributed by atoms with Crippen LogP contribution in [0.3, 0.4) is 0 Å². The normalized spacial score (nSPS) is 17.2. The van der Waals surface area contributed by atoms with Gasteiger partial charge in [-0.05, 0) is 43.9 Å². The second-order valence-electron chi connectivity index (χ2n) is 8.61. The lowest BCUT2D eigenvalue weighted by atomic mass is 9.98. The van der Waals surface area contributed by atoms with Gasteiger partial charge in [0.1, 0.15) is 5.69 Å². The molecule has 0 aliphatic carbocycles. The minimum atomic E-state index is -3.88. The molecule has 1 N–H and O–H groups in total. The number of sulfonamides is 1. The van der Waals surface area contributed by atoms with Crippen LogP contribution >= 0.6 is 0 Å². The maximum absolute atomic E-state index is 13.5. The Labute approximate surface area is 200 Å². The van der Waals surface area contributed by atoms with Gasteiger partial charge in [0.15, 0.2) is 10.7 Å². The van der Waals surface area contributed by atoms with Crippen molar-refractivity contribution in [1.82, 2.24) is 14.8 Å². The van der Waals surface area contributed by atoms with Crippen molar-refractivity contribution in [3.63, 3.8) is 0 Å². The van der Waals surface area contributed by atoms with Gasteiger partial charge >= 0.3 is 0 Å². The van der Waals surface area contributed by atoms with Crippen LogP contribution in [0, 0.1) is 19.8 Å². The predicted octanol–water partition coefficient (Wildman–Crippen LogP) is 4.18. The minimum Gasteiger partial charge on any atom is -0.355 e. The first-order valence-corrected chi connectivity index (χ1v) is 12.8. The van der Waals surface area contributed by atoms with Crippen molar-refractivity contribution >= 4 is 28.1 Å². The van der Waals surface area contributed by atoms with Gasteiger partial charge < -0.3 is 9.84 Å². The van der Waals surface area contributed by atoms with E-state index in [0.29, 0.717) is 31.6 Å². The second kappa shape index (κ2) is 10.4. The molecular formula is C26H29N3O4S. The number of aromatic nitrogens is 1. The summed E-state index contributed by atoms with van der Waals surface area (Å²) in [5, 5.41) is 6.86. The van der Waals surface area contributed by atoms with E-state index in [0.717, 1.165) is 16.7 Å². The summed E-state index contributed by atoms with van der Waals surface area (Å²) in [7, 11) is -3.88. The van der Waals surface area contributed by atoms with Crippen molar-refractivity contribution in [3.05, 3.63) is 82.7 Å². The van der Waals surface area contributed by atoms with Gasteiger partial charge in [0, 0.05) is 19.6 Å². The van der Waals surface area contributed by atoms with Crippen molar-refractivity contribution in [2.75, 3.05) is 13.1 Å². The highest BCUT2D eigenvalue weighted by molar-refractivity contribution is 7.89. The quantitative estimate of drug-likeness (QED) is 0.549. The third-order valence-corrected chi connectivity index (χ3v) is 8.02. The molecule has 1 saturated heterocycles. The molecule has 8 heteroatoms. The third-order valence-electron chi connectivity index (χ3n) is 6.00. The molecule has 1 aliphatic rings. The molecule has 0 unspecified atom stereocenters. The summed E-state index contributed by atoms with van der Waals surface area (Å²) in [6.45, 7) is 4.54. The molecule has 0 saturated carbocycles. The molecule has 0 bridgehead atoms. The summed E-state index contributed by atoms with van der Waals surface area (Å²) in [6.07, 6.45) is 4.67. The van der Waals surface area contributed by atoms with Gasteiger partial charge in [-0.1, -0.05) is 71.4 Å². The molecule has 0 spiro atoms. The number of rotatable bonds is 7. The van der Waals surface area contributed by atoms with E-state index in [4.69, 9.17) is 4.52 Å². The summed E-state index contributed by atoms with van der Waals surface area (Å²) in [6, 6.07) is 17.5. The zero-order valence-electron chi connectivity index (χ0n) is 19.4. The lowest BCUT2D eigenvalue weighted by Gasteiger charge is -2.31. The van der Waals surface area contributed by atoms with E-state index in [2.05, 4.69) is 10.5 Å². The van der Waals surface area contributed by atoms with Gasteiger partial charge in [0.2, 0.25) is 15.9 Å². The second-order valence-corrected chi connectivity index (χ2v) is 10.5. The van der Waals surface area contributed by atoms with Crippen LogP contribution in [0.15, 0.2) is 64.0 Å². The Hall–Kier alpha value is -3.23. The largest absolute Gasteiger partial charge is 0.355 e. The van der Waals surface area contributed by atoms with E-state index in [1.165, 1.54) is 4.31 Å². The smallest absolute Gasteiger partial charge is 0.248 e. The molecule has 1 atom stereocenters. The first-order chi connectivity index (χ1) is 16.3. The zero-order chi connectivity index (χ0) is 24.1. The highest BCUT2D eigenvalue weighted by Crippen LogP contribution is 2.29. The Morgan fingerprint density at radius 3 is 2.59 bits per heavy atom. The van der Waals surface area contributed by atoms with E-state index in [-0.39, 0.29) is 23.1 Å². The third kappa shape index (κ3) is 5.46. The Bertz CT molecular complexity index is 1270. The van der Waals surface area contributed by atoms with Crippen molar-refractivity contribution < 1.29 is 17.7 Å². The fourth-order valence-corrected chi connectivity index (χ4v) is 5.85. The molecule has 3 aromatic rings. The van der Waals surface area contributed by atoms with Crippen LogP contribution in [0.2, 0.25) is 0 Å². The fraction of sp³-hybridized carbons (Fsp3) is 0.308. The maximum Gasteiger partial charge on any atom is 0.248 e. The molecule has 4 rings (SSSR count). The Kier molecular flexibility index (Phi) is 7.29. The molecule has 7 nitrogen and oxygen atoms in total. The lowest BCUT2D eigenvalue weighted by molar-refractivity contribution is -0.126. The number of benzene rings is 2. The van der Waals surface area contributed by atoms with Crippen LogP contribution in [-0.4, -0.2) is 36.9 Å². The number of piperidine rings is 1. The molecular weight excluding hydrogens is 450 g/mol. The Morgan fingerprint density at radius 1 is 1.12 bits per heavy atom. The highest BCUT2D eigenvalue weighted by Gasteiger charge is 2.36. The first-order valence-electron chi connectivity index (χ1n) is 11.4. The van der Waals surface area contributed by atoms with E-state index >= 15 is 0 Å². The molecule has 34 heavy (non-hydrogen) atoms. The first kappa shape index (κ1) is 23.9. The molecule has 2 heterocycles. The van der Waals surface area contributed by atoms with E-state index in [9.17, 15) is 13.2 Å². The number of hydrogen-bond donors (Lipinski definition) is 1. The van der Waals surface area contributed by atoms with E-state index < -0.39 is 15.9 Å². The van der Waals surface area contributed by atoms with E-state index in [1.807, 2.05) is 61.5 Å². The van der Waals surface area contributed by atoms with Crippen molar-refractivity contribution in [1.29, 1.82) is 0 Å². The molecule has 1 aromatic heterocycles. The van der Waals surface area contributed by atoms with Crippen LogP contribution in [0.4, 0.5) is 0 Å². The number of amides is 1. The van der Waals surface area contributed by atoms with Crippen molar-refractivity contribution in [2.45, 2.75) is 38.1 Å². The highest BCUT2D eigenvalue weighted by atomic mass is 32.2. The number of aryl methyl sites for hydroxylation is 2. The molecule has 178 valence electrons. The standard InChI is InChI=1S/C26H29N3O4S/c1-19-10-12-22(13-11-19)17-27-26(30)23-9-6-16-29(18-23)34(31,32)25-20(2)28-33-24(25)15-14-21-7-4-3-5-8-21/h3-5,7-8,10-15,23H,6,9,16-18H2,1-2H3,(H,27,30)/b15-14+/t23-/m0/s1. The van der Waals surface area contributed by atoms with Gasteiger partial charge in [-0.2, -0.15) is 4.31 Å². The van der Waals surface area contributed by atoms with Gasteiger partial charge in [-0.25, -0.2) is 8.42 Å². The van der Waals surface area contributed by atoms with Crippen LogP contribution in [0.5, 0.6) is 0 Å². The van der Waals surface area contributed by atoms with Crippen LogP contribution < -0.4 is 5.32 Å². The summed E-state index contributed by atoms with van der Waals surface area (Å²) >= 11 is 0. The number of carbonyl (C=O) groups excluding carboxylic acids is 1. The molecule has 1 fully saturated rings. The number of carbonyl (C=O) groups is 1. The maximum atomic E-state index is 13.5. The van der Waals surface area contributed by atoms with Gasteiger partial charge in [-0.15, -0.1) is 0 Å².